The standard InChI is InChI=1S/C24BF20.C20H18NO/c26-5-1(6(27)14(35)21(42)13(5)34)25(2-7(28)15(36)22(43)16(37)8(2)29,3-9(30)17(38)23(44)18(39)10(3)31)4-11(32)19(40)24(45)20(41)12(4)33;1-16-9-5-6-12-18(16)19-13-7-8-14-21(19)15-20(22)17-10-3-2-4-11-17/h;2-14H,15H2,1H3/q-1;+1. The van der Waals surface area contributed by atoms with Crippen molar-refractivity contribution in [1.82, 2.24) is 0 Å². The van der Waals surface area contributed by atoms with Gasteiger partial charge in [-0.15, -0.1) is 21.9 Å². The molecule has 1 aromatic heterocycles. The molecule has 0 aliphatic rings. The van der Waals surface area contributed by atoms with Crippen molar-refractivity contribution < 1.29 is 97.2 Å². The SMILES string of the molecule is Cc1ccccc1-c1cccc[n+]1CC(=O)c1ccccc1.Fc1c(F)c(F)c([B-](c2c(F)c(F)c(F)c(F)c2F)(c2c(F)c(F)c(F)c(F)c2F)c2c(F)c(F)c(F)c(F)c2F)c(F)c1F. The van der Waals surface area contributed by atoms with Crippen molar-refractivity contribution >= 4 is 33.8 Å². The molecule has 1 heterocycles. The molecule has 0 N–H and O–H groups in total. The summed E-state index contributed by atoms with van der Waals surface area (Å²) in [5.74, 6) is -71.3. The van der Waals surface area contributed by atoms with Crippen LogP contribution < -0.4 is 26.4 Å². The van der Waals surface area contributed by atoms with Gasteiger partial charge in [-0.3, -0.25) is 4.79 Å². The normalized spacial score (nSPS) is 11.5. The van der Waals surface area contributed by atoms with Crippen LogP contribution in [0.2, 0.25) is 0 Å². The molecule has 0 fully saturated rings. The van der Waals surface area contributed by atoms with Gasteiger partial charge in [0, 0.05) is 23.3 Å². The average Bonchev–Trinajstić information content (AvgIpc) is 3.32. The third kappa shape index (κ3) is 7.92. The minimum absolute atomic E-state index is 0.117. The van der Waals surface area contributed by atoms with Gasteiger partial charge in [0.1, 0.15) is 52.7 Å². The minimum atomic E-state index is -7.22. The summed E-state index contributed by atoms with van der Waals surface area (Å²) in [5, 5.41) is 0. The van der Waals surface area contributed by atoms with E-state index < -0.39 is 144 Å². The maximum atomic E-state index is 15.4. The largest absolute Gasteiger partial charge is 0.287 e. The van der Waals surface area contributed by atoms with Crippen LogP contribution in [0.3, 0.4) is 0 Å². The van der Waals surface area contributed by atoms with Crippen LogP contribution in [0.25, 0.3) is 11.3 Å². The third-order valence-electron chi connectivity index (χ3n) is 10.5. The summed E-state index contributed by atoms with van der Waals surface area (Å²) in [7, 11) is 0. The maximum Gasteiger partial charge on any atom is 0.227 e. The Hall–Kier alpha value is -7.20. The van der Waals surface area contributed by atoms with Gasteiger partial charge in [-0.25, -0.2) is 87.8 Å². The Bertz CT molecular complexity index is 2760. The van der Waals surface area contributed by atoms with E-state index in [1.54, 1.807) is 0 Å². The fraction of sp³-hybridized carbons (Fsp3) is 0.0455. The molecule has 0 unspecified atom stereocenters. The van der Waals surface area contributed by atoms with E-state index in [2.05, 4.69) is 25.1 Å². The number of nitrogens with zero attached hydrogens (tertiary/aromatic N) is 1. The second-order valence-corrected chi connectivity index (χ2v) is 14.1. The summed E-state index contributed by atoms with van der Waals surface area (Å²) in [4.78, 5) is 12.5. The van der Waals surface area contributed by atoms with Crippen LogP contribution in [0.5, 0.6) is 0 Å². The topological polar surface area (TPSA) is 20.9 Å². The van der Waals surface area contributed by atoms with Gasteiger partial charge >= 0.3 is 0 Å². The Morgan fingerprint density at radius 3 is 0.985 bits per heavy atom. The van der Waals surface area contributed by atoms with Crippen LogP contribution in [0, 0.1) is 123 Å². The van der Waals surface area contributed by atoms with Gasteiger partial charge < -0.3 is 0 Å². The van der Waals surface area contributed by atoms with E-state index >= 15 is 35.1 Å². The van der Waals surface area contributed by atoms with Gasteiger partial charge in [0.05, 0.1) is 0 Å². The van der Waals surface area contributed by atoms with Crippen LogP contribution >= 0.6 is 0 Å². The van der Waals surface area contributed by atoms with Crippen molar-refractivity contribution in [1.29, 1.82) is 0 Å². The Morgan fingerprint density at radius 1 is 0.373 bits per heavy atom. The molecule has 0 spiro atoms. The van der Waals surface area contributed by atoms with E-state index in [4.69, 9.17) is 0 Å². The molecule has 0 saturated heterocycles. The Balaban J connectivity index is 0.000000279. The van der Waals surface area contributed by atoms with Gasteiger partial charge in [0.25, 0.3) is 0 Å². The zero-order chi connectivity index (χ0) is 49.7. The lowest BCUT2D eigenvalue weighted by Crippen LogP contribution is -2.81. The number of aromatic nitrogens is 1. The van der Waals surface area contributed by atoms with Gasteiger partial charge in [0.2, 0.25) is 18.0 Å². The zero-order valence-corrected chi connectivity index (χ0v) is 32.7. The molecule has 2 nitrogen and oxygen atoms in total. The summed E-state index contributed by atoms with van der Waals surface area (Å²) in [6.45, 7) is 2.43. The molecule has 7 aromatic rings. The van der Waals surface area contributed by atoms with Gasteiger partial charge in [-0.2, -0.15) is 4.57 Å². The second-order valence-electron chi connectivity index (χ2n) is 14.1. The van der Waals surface area contributed by atoms with E-state index in [0.717, 1.165) is 16.8 Å². The summed E-state index contributed by atoms with van der Waals surface area (Å²) in [5.41, 5.74) is -10.2. The van der Waals surface area contributed by atoms with Gasteiger partial charge in [0.15, 0.2) is 76.0 Å². The highest BCUT2D eigenvalue weighted by Crippen LogP contribution is 2.31. The number of pyridine rings is 1. The molecule has 6 aromatic carbocycles. The van der Waals surface area contributed by atoms with Crippen molar-refractivity contribution in [2.45, 2.75) is 13.5 Å². The predicted molar refractivity (Wildman–Crippen MR) is 197 cm³/mol. The summed E-state index contributed by atoms with van der Waals surface area (Å²) >= 11 is 0. The third-order valence-corrected chi connectivity index (χ3v) is 10.5. The lowest BCUT2D eigenvalue weighted by molar-refractivity contribution is -0.672. The van der Waals surface area contributed by atoms with E-state index in [9.17, 15) is 57.5 Å². The van der Waals surface area contributed by atoms with E-state index in [0.29, 0.717) is 6.54 Å². The number of carbonyl (C=O) groups is 1. The molecule has 348 valence electrons. The lowest BCUT2D eigenvalue weighted by atomic mass is 9.12. The molecule has 0 aliphatic heterocycles. The highest BCUT2D eigenvalue weighted by atomic mass is 19.2. The smallest absolute Gasteiger partial charge is 0.227 e. The molecule has 23 heteroatoms. The molecular formula is C44H18BF20NO. The number of hydrogen-bond donors (Lipinski definition) is 0. The highest BCUT2D eigenvalue weighted by Gasteiger charge is 2.52. The van der Waals surface area contributed by atoms with Crippen LogP contribution in [-0.4, -0.2) is 11.9 Å². The summed E-state index contributed by atoms with van der Waals surface area (Å²) in [6.07, 6.45) is -5.26. The Kier molecular flexibility index (Phi) is 13.7. The summed E-state index contributed by atoms with van der Waals surface area (Å²) in [6, 6.07) is 23.7. The minimum Gasteiger partial charge on any atom is -0.287 e. The van der Waals surface area contributed by atoms with Crippen molar-refractivity contribution in [3.8, 4) is 11.3 Å². The van der Waals surface area contributed by atoms with Gasteiger partial charge in [-0.05, 0) is 24.6 Å². The van der Waals surface area contributed by atoms with Crippen molar-refractivity contribution in [2.24, 2.45) is 0 Å². The van der Waals surface area contributed by atoms with E-state index in [1.807, 2.05) is 65.4 Å². The maximum absolute atomic E-state index is 15.4. The van der Waals surface area contributed by atoms with Crippen molar-refractivity contribution in [3.63, 3.8) is 0 Å². The van der Waals surface area contributed by atoms with Crippen LogP contribution in [0.1, 0.15) is 15.9 Å². The summed E-state index contributed by atoms with van der Waals surface area (Å²) < 4.78 is 296. The number of hydrogen-bond acceptors (Lipinski definition) is 1. The molecule has 0 aliphatic carbocycles. The molecule has 0 saturated carbocycles. The van der Waals surface area contributed by atoms with Crippen LogP contribution in [0.15, 0.2) is 79.0 Å². The first-order valence-electron chi connectivity index (χ1n) is 18.3. The quantitative estimate of drug-likeness (QED) is 0.0372. The Labute approximate surface area is 361 Å². The number of benzene rings is 6. The van der Waals surface area contributed by atoms with E-state index in [-0.39, 0.29) is 5.78 Å². The fourth-order valence-corrected chi connectivity index (χ4v) is 7.46. The molecular weight excluding hydrogens is 949 g/mol. The van der Waals surface area contributed by atoms with E-state index in [1.165, 1.54) is 5.56 Å². The number of halogens is 20. The zero-order valence-electron chi connectivity index (χ0n) is 32.7. The number of rotatable bonds is 8. The molecule has 67 heavy (non-hydrogen) atoms. The molecule has 0 amide bonds. The first-order chi connectivity index (χ1) is 31.5. The second kappa shape index (κ2) is 18.6. The number of carbonyl (C=O) groups excluding carboxylic acids is 1. The van der Waals surface area contributed by atoms with Crippen LogP contribution in [0.4, 0.5) is 87.8 Å². The molecule has 0 atom stereocenters. The Morgan fingerprint density at radius 2 is 0.657 bits per heavy atom. The number of ketones is 1. The van der Waals surface area contributed by atoms with Crippen molar-refractivity contribution in [3.05, 3.63) is 206 Å². The molecule has 7 rings (SSSR count). The lowest BCUT2D eigenvalue weighted by Gasteiger charge is -2.44. The monoisotopic (exact) mass is 967 g/mol. The fourth-order valence-electron chi connectivity index (χ4n) is 7.46. The highest BCUT2D eigenvalue weighted by molar-refractivity contribution is 7.20. The molecule has 0 radical (unpaired) electrons. The number of Topliss-reactive ketones (excluding diaryl/α,β-unsaturated/α-hetero) is 1. The predicted octanol–water partition coefficient (Wildman–Crippen LogP) is 9.68. The first-order valence-corrected chi connectivity index (χ1v) is 18.3. The van der Waals surface area contributed by atoms with Gasteiger partial charge in [-0.1, -0.05) is 48.5 Å². The first kappa shape index (κ1) is 49.2. The van der Waals surface area contributed by atoms with Crippen molar-refractivity contribution in [2.75, 3.05) is 0 Å². The number of aryl methyl sites for hydroxylation is 1. The van der Waals surface area contributed by atoms with Crippen LogP contribution in [-0.2, 0) is 6.54 Å². The molecule has 0 bridgehead atoms. The average molecular weight is 967 g/mol.